The predicted octanol–water partition coefficient (Wildman–Crippen LogP) is 17.7. The van der Waals surface area contributed by atoms with Gasteiger partial charge in [0.2, 0.25) is 0 Å². The van der Waals surface area contributed by atoms with Crippen molar-refractivity contribution in [3.63, 3.8) is 0 Å². The summed E-state index contributed by atoms with van der Waals surface area (Å²) < 4.78 is 0. The van der Waals surface area contributed by atoms with Crippen molar-refractivity contribution >= 4 is 43.1 Å². The van der Waals surface area contributed by atoms with E-state index < -0.39 is 0 Å². The van der Waals surface area contributed by atoms with Gasteiger partial charge in [-0.3, -0.25) is 9.97 Å². The fourth-order valence-corrected chi connectivity index (χ4v) is 10.4. The molecule has 14 aromatic rings. The Morgan fingerprint density at radius 2 is 0.500 bits per heavy atom. The van der Waals surface area contributed by atoms with Gasteiger partial charge in [0.25, 0.3) is 0 Å². The summed E-state index contributed by atoms with van der Waals surface area (Å²) in [5.41, 5.74) is 15.5. The number of aromatic nitrogens is 6. The summed E-state index contributed by atoms with van der Waals surface area (Å²) in [6.07, 6.45) is 3.76. The van der Waals surface area contributed by atoms with Crippen molar-refractivity contribution in [1.29, 1.82) is 0 Å². The topological polar surface area (TPSA) is 77.3 Å². The molecular formula is C70H44N6. The SMILES string of the molecule is c1ccc2cc(-c3cc(-c4ccc(-c5nccc6ccccc56)cc4)nc(-c4ccc(-c5ccc(-c6nc(-c7ccc(-c8nccc9ccccc89)cc7)cc(-c7ccc8ccccc8c7)n6)cc5)cc4)n3)ccc2c1. The Bertz CT molecular complexity index is 4190. The van der Waals surface area contributed by atoms with Crippen LogP contribution in [0.1, 0.15) is 0 Å². The second-order valence-electron chi connectivity index (χ2n) is 19.1. The lowest BCUT2D eigenvalue weighted by molar-refractivity contribution is 1.18. The summed E-state index contributed by atoms with van der Waals surface area (Å²) in [7, 11) is 0. The molecule has 4 heterocycles. The lowest BCUT2D eigenvalue weighted by Crippen LogP contribution is -1.96. The molecule has 6 heteroatoms. The lowest BCUT2D eigenvalue weighted by atomic mass is 9.99. The third-order valence-corrected chi connectivity index (χ3v) is 14.4. The molecule has 0 fully saturated rings. The highest BCUT2D eigenvalue weighted by Crippen LogP contribution is 2.36. The first-order valence-electron chi connectivity index (χ1n) is 25.5. The summed E-state index contributed by atoms with van der Waals surface area (Å²) in [5, 5.41) is 9.27. The Balaban J connectivity index is 0.791. The Morgan fingerprint density at radius 1 is 0.197 bits per heavy atom. The minimum atomic E-state index is 0.654. The Labute approximate surface area is 439 Å². The Hall–Kier alpha value is -10.3. The first-order chi connectivity index (χ1) is 37.6. The Kier molecular flexibility index (Phi) is 11.1. The number of hydrogen-bond acceptors (Lipinski definition) is 6. The van der Waals surface area contributed by atoms with Crippen LogP contribution in [-0.4, -0.2) is 29.9 Å². The quantitative estimate of drug-likeness (QED) is 0.143. The predicted molar refractivity (Wildman–Crippen MR) is 312 cm³/mol. The van der Waals surface area contributed by atoms with Crippen LogP contribution in [0.15, 0.2) is 267 Å². The molecule has 354 valence electrons. The lowest BCUT2D eigenvalue weighted by Gasteiger charge is -2.12. The van der Waals surface area contributed by atoms with Gasteiger partial charge in [-0.05, 0) is 79.8 Å². The zero-order chi connectivity index (χ0) is 50.4. The van der Waals surface area contributed by atoms with Gasteiger partial charge < -0.3 is 0 Å². The van der Waals surface area contributed by atoms with Crippen LogP contribution in [0.25, 0.3) is 145 Å². The van der Waals surface area contributed by atoms with Gasteiger partial charge in [0.05, 0.1) is 34.2 Å². The Morgan fingerprint density at radius 3 is 0.908 bits per heavy atom. The molecule has 0 N–H and O–H groups in total. The average Bonchev–Trinajstić information content (AvgIpc) is 3.51. The molecule has 10 aromatic carbocycles. The first-order valence-corrected chi connectivity index (χ1v) is 25.5. The zero-order valence-corrected chi connectivity index (χ0v) is 41.1. The molecule has 0 aliphatic rings. The van der Waals surface area contributed by atoms with Gasteiger partial charge >= 0.3 is 0 Å². The van der Waals surface area contributed by atoms with Crippen molar-refractivity contribution in [2.24, 2.45) is 0 Å². The molecule has 0 bridgehead atoms. The van der Waals surface area contributed by atoms with Gasteiger partial charge in [-0.1, -0.05) is 218 Å². The number of benzene rings is 10. The van der Waals surface area contributed by atoms with E-state index >= 15 is 0 Å². The first kappa shape index (κ1) is 44.4. The molecule has 0 amide bonds. The minimum absolute atomic E-state index is 0.654. The largest absolute Gasteiger partial charge is 0.256 e. The van der Waals surface area contributed by atoms with Crippen LogP contribution in [-0.2, 0) is 0 Å². The van der Waals surface area contributed by atoms with Gasteiger partial charge in [-0.2, -0.15) is 0 Å². The summed E-state index contributed by atoms with van der Waals surface area (Å²) in [6.45, 7) is 0. The van der Waals surface area contributed by atoms with Crippen LogP contribution in [0, 0.1) is 0 Å². The molecule has 0 aliphatic heterocycles. The van der Waals surface area contributed by atoms with Crippen LogP contribution < -0.4 is 0 Å². The number of nitrogens with zero attached hydrogens (tertiary/aromatic N) is 6. The highest BCUT2D eigenvalue weighted by molar-refractivity contribution is 5.96. The molecule has 0 saturated heterocycles. The van der Waals surface area contributed by atoms with Crippen molar-refractivity contribution in [2.75, 3.05) is 0 Å². The van der Waals surface area contributed by atoms with Crippen molar-refractivity contribution in [2.45, 2.75) is 0 Å². The summed E-state index contributed by atoms with van der Waals surface area (Å²) in [5.74, 6) is 1.31. The summed E-state index contributed by atoms with van der Waals surface area (Å²) in [4.78, 5) is 30.4. The third kappa shape index (κ3) is 8.49. The van der Waals surface area contributed by atoms with Crippen LogP contribution in [0.5, 0.6) is 0 Å². The molecule has 76 heavy (non-hydrogen) atoms. The van der Waals surface area contributed by atoms with Crippen molar-refractivity contribution in [3.8, 4) is 101 Å². The maximum absolute atomic E-state index is 5.22. The van der Waals surface area contributed by atoms with Gasteiger partial charge in [-0.15, -0.1) is 0 Å². The van der Waals surface area contributed by atoms with Crippen LogP contribution in [0.4, 0.5) is 0 Å². The van der Waals surface area contributed by atoms with E-state index in [1.54, 1.807) is 0 Å². The maximum Gasteiger partial charge on any atom is 0.160 e. The molecule has 0 radical (unpaired) electrons. The van der Waals surface area contributed by atoms with Gasteiger partial charge in [0.1, 0.15) is 0 Å². The van der Waals surface area contributed by atoms with E-state index in [2.05, 4.69) is 255 Å². The number of rotatable bonds is 9. The van der Waals surface area contributed by atoms with Crippen molar-refractivity contribution < 1.29 is 0 Å². The fraction of sp³-hybridized carbons (Fsp3) is 0. The fourth-order valence-electron chi connectivity index (χ4n) is 10.4. The smallest absolute Gasteiger partial charge is 0.160 e. The molecule has 4 aromatic heterocycles. The normalized spacial score (nSPS) is 11.4. The molecule has 14 rings (SSSR count). The zero-order valence-electron chi connectivity index (χ0n) is 41.1. The third-order valence-electron chi connectivity index (χ3n) is 14.4. The average molecular weight is 969 g/mol. The monoisotopic (exact) mass is 968 g/mol. The van der Waals surface area contributed by atoms with E-state index in [0.717, 1.165) is 122 Å². The van der Waals surface area contributed by atoms with E-state index in [4.69, 9.17) is 29.9 Å². The second kappa shape index (κ2) is 19.0. The van der Waals surface area contributed by atoms with Crippen LogP contribution in [0.2, 0.25) is 0 Å². The highest BCUT2D eigenvalue weighted by Gasteiger charge is 2.16. The molecule has 0 spiro atoms. The van der Waals surface area contributed by atoms with Crippen LogP contribution in [0.3, 0.4) is 0 Å². The minimum Gasteiger partial charge on any atom is -0.256 e. The molecule has 0 unspecified atom stereocenters. The van der Waals surface area contributed by atoms with Gasteiger partial charge in [0.15, 0.2) is 11.6 Å². The van der Waals surface area contributed by atoms with Gasteiger partial charge in [-0.25, -0.2) is 19.9 Å². The summed E-state index contributed by atoms with van der Waals surface area (Å²) >= 11 is 0. The van der Waals surface area contributed by atoms with E-state index in [-0.39, 0.29) is 0 Å². The van der Waals surface area contributed by atoms with E-state index in [9.17, 15) is 0 Å². The molecular weight excluding hydrogens is 925 g/mol. The number of hydrogen-bond donors (Lipinski definition) is 0. The van der Waals surface area contributed by atoms with Crippen molar-refractivity contribution in [3.05, 3.63) is 267 Å². The van der Waals surface area contributed by atoms with E-state index in [0.29, 0.717) is 11.6 Å². The number of pyridine rings is 2. The standard InChI is InChI=1S/C70H44N6/c1-3-13-57-41-59(35-21-45(57)9-1)65-43-63(51-23-27-53(28-24-51)67-61-15-7-5-11-49(61)37-39-71-67)73-69(75-65)55-31-17-47(18-32-55)48-19-33-56(34-20-48)70-74-64(44-66(76-70)60-36-22-46-10-2-4-14-58(46)42-60)52-25-29-54(30-26-52)68-62-16-8-6-12-50(62)38-40-72-68/h1-44H. The van der Waals surface area contributed by atoms with E-state index in [1.165, 1.54) is 10.8 Å². The van der Waals surface area contributed by atoms with E-state index in [1.807, 2.05) is 12.4 Å². The molecule has 0 aliphatic carbocycles. The molecule has 0 atom stereocenters. The highest BCUT2D eigenvalue weighted by atomic mass is 14.9. The van der Waals surface area contributed by atoms with Crippen LogP contribution >= 0.6 is 0 Å². The molecule has 6 nitrogen and oxygen atoms in total. The maximum atomic E-state index is 5.22. The van der Waals surface area contributed by atoms with Gasteiger partial charge in [0, 0.05) is 67.7 Å². The second-order valence-corrected chi connectivity index (χ2v) is 19.1. The number of fused-ring (bicyclic) bond motifs is 4. The molecule has 0 saturated carbocycles. The summed E-state index contributed by atoms with van der Waals surface area (Å²) in [6, 6.07) is 89.1. The van der Waals surface area contributed by atoms with Crippen molar-refractivity contribution in [1.82, 2.24) is 29.9 Å².